The molecule has 7 nitrogen and oxygen atoms in total. The Morgan fingerprint density at radius 1 is 1.25 bits per heavy atom. The van der Waals surface area contributed by atoms with Crippen LogP contribution in [0.4, 0.5) is 14.5 Å². The van der Waals surface area contributed by atoms with Gasteiger partial charge in [0.15, 0.2) is 14.9 Å². The lowest BCUT2D eigenvalue weighted by Crippen LogP contribution is -2.24. The number of aryl methyl sites for hydroxylation is 1. The Morgan fingerprint density at radius 2 is 2.00 bits per heavy atom. The standard InChI is InChI=1S/C21H18ClF2N3O4S/c1-11-26-20(31-10-12-3-4-13(23)7-16(12)24)19(22)21(28)27(11)14-5-6-17-15(8-14)18(9-25-17)32(2,29)30/h3-8,18,25H,9-10H2,1-2H3. The molecule has 1 aromatic heterocycles. The first-order chi connectivity index (χ1) is 15.1. The molecule has 3 aromatic rings. The van der Waals surface area contributed by atoms with Gasteiger partial charge in [0, 0.05) is 30.1 Å². The van der Waals surface area contributed by atoms with Crippen molar-refractivity contribution in [2.24, 2.45) is 0 Å². The third-order valence-corrected chi connectivity index (χ3v) is 6.96. The van der Waals surface area contributed by atoms with Gasteiger partial charge in [-0.1, -0.05) is 11.6 Å². The lowest BCUT2D eigenvalue weighted by molar-refractivity contribution is 0.285. The number of hydrogen-bond donors (Lipinski definition) is 1. The maximum absolute atomic E-state index is 13.8. The molecule has 2 aromatic carbocycles. The molecule has 168 valence electrons. The molecule has 32 heavy (non-hydrogen) atoms. The Labute approximate surface area is 187 Å². The highest BCUT2D eigenvalue weighted by molar-refractivity contribution is 7.91. The van der Waals surface area contributed by atoms with Gasteiger partial charge >= 0.3 is 0 Å². The number of halogens is 3. The molecule has 0 spiro atoms. The molecule has 0 saturated heterocycles. The average molecular weight is 482 g/mol. The molecule has 1 atom stereocenters. The minimum atomic E-state index is -3.36. The number of rotatable bonds is 5. The molecule has 0 fully saturated rings. The number of aromatic nitrogens is 2. The van der Waals surface area contributed by atoms with Crippen LogP contribution in [0.3, 0.4) is 0 Å². The number of fused-ring (bicyclic) bond motifs is 1. The minimum Gasteiger partial charge on any atom is -0.471 e. The number of anilines is 1. The second-order valence-electron chi connectivity index (χ2n) is 7.41. The predicted octanol–water partition coefficient (Wildman–Crippen LogP) is 3.56. The van der Waals surface area contributed by atoms with Crippen LogP contribution < -0.4 is 15.6 Å². The number of sulfone groups is 1. The zero-order valence-corrected chi connectivity index (χ0v) is 18.6. The molecule has 2 heterocycles. The topological polar surface area (TPSA) is 90.3 Å². The van der Waals surface area contributed by atoms with Crippen molar-refractivity contribution in [3.63, 3.8) is 0 Å². The zero-order chi connectivity index (χ0) is 23.2. The highest BCUT2D eigenvalue weighted by Crippen LogP contribution is 2.36. The summed E-state index contributed by atoms with van der Waals surface area (Å²) in [6, 6.07) is 8.00. The smallest absolute Gasteiger partial charge is 0.280 e. The monoisotopic (exact) mass is 481 g/mol. The molecule has 0 radical (unpaired) electrons. The van der Waals surface area contributed by atoms with Crippen molar-refractivity contribution in [1.82, 2.24) is 9.55 Å². The van der Waals surface area contributed by atoms with Crippen LogP contribution >= 0.6 is 11.6 Å². The molecular formula is C21H18ClF2N3O4S. The van der Waals surface area contributed by atoms with E-state index < -0.39 is 32.3 Å². The normalized spacial score (nSPS) is 15.3. The van der Waals surface area contributed by atoms with Crippen LogP contribution in [0.2, 0.25) is 5.02 Å². The van der Waals surface area contributed by atoms with E-state index in [0.29, 0.717) is 16.9 Å². The molecule has 0 bridgehead atoms. The molecule has 11 heteroatoms. The lowest BCUT2D eigenvalue weighted by Gasteiger charge is -2.15. The highest BCUT2D eigenvalue weighted by Gasteiger charge is 2.31. The molecule has 0 aliphatic carbocycles. The summed E-state index contributed by atoms with van der Waals surface area (Å²) in [6.45, 7) is 1.50. The van der Waals surface area contributed by atoms with E-state index in [-0.39, 0.29) is 35.4 Å². The van der Waals surface area contributed by atoms with Gasteiger partial charge in [-0.25, -0.2) is 17.2 Å². The number of hydrogen-bond acceptors (Lipinski definition) is 6. The molecule has 0 saturated carbocycles. The highest BCUT2D eigenvalue weighted by atomic mass is 35.5. The molecular weight excluding hydrogens is 464 g/mol. The quantitative estimate of drug-likeness (QED) is 0.599. The van der Waals surface area contributed by atoms with Gasteiger partial charge in [-0.05, 0) is 42.8 Å². The van der Waals surface area contributed by atoms with Crippen LogP contribution in [-0.4, -0.2) is 30.8 Å². The maximum atomic E-state index is 13.8. The van der Waals surface area contributed by atoms with Gasteiger partial charge in [-0.3, -0.25) is 9.36 Å². The summed E-state index contributed by atoms with van der Waals surface area (Å²) < 4.78 is 57.8. The Hall–Kier alpha value is -2.98. The Kier molecular flexibility index (Phi) is 5.68. The van der Waals surface area contributed by atoms with E-state index >= 15 is 0 Å². The molecule has 1 aliphatic rings. The maximum Gasteiger partial charge on any atom is 0.280 e. The minimum absolute atomic E-state index is 0.0732. The van der Waals surface area contributed by atoms with Crippen LogP contribution in [0.1, 0.15) is 22.2 Å². The largest absolute Gasteiger partial charge is 0.471 e. The summed E-state index contributed by atoms with van der Waals surface area (Å²) in [5.74, 6) is -1.47. The van der Waals surface area contributed by atoms with Crippen molar-refractivity contribution in [3.8, 4) is 11.6 Å². The summed E-state index contributed by atoms with van der Waals surface area (Å²) in [7, 11) is -3.36. The SMILES string of the molecule is Cc1nc(OCc2ccc(F)cc2F)c(Cl)c(=O)n1-c1ccc2c(c1)C(S(C)(=O)=O)CN2. The fourth-order valence-electron chi connectivity index (χ4n) is 3.58. The van der Waals surface area contributed by atoms with Crippen molar-refractivity contribution >= 4 is 27.1 Å². The van der Waals surface area contributed by atoms with Crippen molar-refractivity contribution in [3.05, 3.63) is 80.4 Å². The van der Waals surface area contributed by atoms with E-state index in [1.807, 2.05) is 0 Å². The van der Waals surface area contributed by atoms with E-state index in [1.165, 1.54) is 10.6 Å². The van der Waals surface area contributed by atoms with Crippen molar-refractivity contribution in [1.29, 1.82) is 0 Å². The number of benzene rings is 2. The summed E-state index contributed by atoms with van der Waals surface area (Å²) >= 11 is 6.19. The van der Waals surface area contributed by atoms with E-state index in [4.69, 9.17) is 16.3 Å². The zero-order valence-electron chi connectivity index (χ0n) is 17.0. The fraction of sp³-hybridized carbons (Fsp3) is 0.238. The lowest BCUT2D eigenvalue weighted by atomic mass is 10.1. The van der Waals surface area contributed by atoms with E-state index in [2.05, 4.69) is 10.3 Å². The summed E-state index contributed by atoms with van der Waals surface area (Å²) in [6.07, 6.45) is 1.16. The van der Waals surface area contributed by atoms with Crippen LogP contribution in [0, 0.1) is 18.6 Å². The van der Waals surface area contributed by atoms with Crippen LogP contribution in [0.5, 0.6) is 5.88 Å². The molecule has 1 unspecified atom stereocenters. The number of ether oxygens (including phenoxy) is 1. The molecule has 1 N–H and O–H groups in total. The number of nitrogens with zero attached hydrogens (tertiary/aromatic N) is 2. The summed E-state index contributed by atoms with van der Waals surface area (Å²) in [5, 5.41) is 1.99. The summed E-state index contributed by atoms with van der Waals surface area (Å²) in [5.41, 5.74) is 1.07. The van der Waals surface area contributed by atoms with E-state index in [1.54, 1.807) is 25.1 Å². The predicted molar refractivity (Wildman–Crippen MR) is 116 cm³/mol. The first-order valence-corrected chi connectivity index (χ1v) is 11.8. The average Bonchev–Trinajstić information content (AvgIpc) is 3.14. The van der Waals surface area contributed by atoms with Gasteiger partial charge in [0.05, 0.1) is 5.69 Å². The van der Waals surface area contributed by atoms with Gasteiger partial charge < -0.3 is 10.1 Å². The van der Waals surface area contributed by atoms with Gasteiger partial charge in [0.25, 0.3) is 5.56 Å². The Bertz CT molecular complexity index is 1390. The molecule has 1 aliphatic heterocycles. The first kappa shape index (κ1) is 22.2. The van der Waals surface area contributed by atoms with Crippen LogP contribution in [0.15, 0.2) is 41.2 Å². The number of nitrogens with one attached hydrogen (secondary N) is 1. The van der Waals surface area contributed by atoms with E-state index in [9.17, 15) is 22.0 Å². The Balaban J connectivity index is 1.69. The van der Waals surface area contributed by atoms with Crippen molar-refractivity contribution in [2.75, 3.05) is 18.1 Å². The Morgan fingerprint density at radius 3 is 2.69 bits per heavy atom. The third-order valence-electron chi connectivity index (χ3n) is 5.18. The van der Waals surface area contributed by atoms with Crippen LogP contribution in [-0.2, 0) is 16.4 Å². The molecule has 4 rings (SSSR count). The van der Waals surface area contributed by atoms with Gasteiger partial charge in [-0.2, -0.15) is 4.98 Å². The van der Waals surface area contributed by atoms with E-state index in [0.717, 1.165) is 18.4 Å². The van der Waals surface area contributed by atoms with Crippen molar-refractivity contribution < 1.29 is 21.9 Å². The summed E-state index contributed by atoms with van der Waals surface area (Å²) in [4.78, 5) is 17.2. The van der Waals surface area contributed by atoms with Crippen LogP contribution in [0.25, 0.3) is 5.69 Å². The van der Waals surface area contributed by atoms with Crippen molar-refractivity contribution in [2.45, 2.75) is 18.8 Å². The van der Waals surface area contributed by atoms with Gasteiger partial charge in [-0.15, -0.1) is 0 Å². The third kappa shape index (κ3) is 4.07. The molecule has 0 amide bonds. The second kappa shape index (κ2) is 8.18. The first-order valence-electron chi connectivity index (χ1n) is 9.49. The van der Waals surface area contributed by atoms with Gasteiger partial charge in [0.1, 0.15) is 29.3 Å². The fourth-order valence-corrected chi connectivity index (χ4v) is 4.80. The second-order valence-corrected chi connectivity index (χ2v) is 10.0. The van der Waals surface area contributed by atoms with Gasteiger partial charge in [0.2, 0.25) is 5.88 Å².